The Morgan fingerprint density at radius 3 is 1.97 bits per heavy atom. The van der Waals surface area contributed by atoms with Crippen LogP contribution in [0.1, 0.15) is 95.7 Å². The molecule has 1 atom stereocenters. The zero-order chi connectivity index (χ0) is 27.7. The molecule has 0 unspecified atom stereocenters. The summed E-state index contributed by atoms with van der Waals surface area (Å²) in [5.41, 5.74) is 4.73. The number of hydrogen-bond donors (Lipinski definition) is 0. The quantitative estimate of drug-likeness (QED) is 0.114. The van der Waals surface area contributed by atoms with E-state index < -0.39 is 6.10 Å². The van der Waals surface area contributed by atoms with E-state index in [4.69, 9.17) is 9.47 Å². The van der Waals surface area contributed by atoms with Crippen molar-refractivity contribution in [2.45, 2.75) is 110 Å². The fourth-order valence-corrected chi connectivity index (χ4v) is 5.16. The van der Waals surface area contributed by atoms with Crippen molar-refractivity contribution in [3.63, 3.8) is 0 Å². The molecule has 0 spiro atoms. The van der Waals surface area contributed by atoms with Gasteiger partial charge in [-0.05, 0) is 67.8 Å². The fraction of sp³-hybridized carbons (Fsp3) is 0.514. The maximum Gasteiger partial charge on any atom is 0.347 e. The normalized spacial score (nSPS) is 11.9. The van der Waals surface area contributed by atoms with Crippen LogP contribution in [0.5, 0.6) is 5.75 Å². The van der Waals surface area contributed by atoms with Crippen LogP contribution in [0.2, 0.25) is 0 Å². The Balaban J connectivity index is 1.50. The molecule has 0 N–H and O–H groups in total. The Morgan fingerprint density at radius 1 is 0.744 bits per heavy atom. The molecule has 0 bridgehead atoms. The number of unbranched alkanes of at least 4 members (excludes halogenated alkanes) is 10. The molecule has 0 fully saturated rings. The van der Waals surface area contributed by atoms with Crippen molar-refractivity contribution in [2.24, 2.45) is 0 Å². The van der Waals surface area contributed by atoms with Crippen LogP contribution in [0.15, 0.2) is 66.7 Å². The molecule has 0 radical (unpaired) electrons. The van der Waals surface area contributed by atoms with Gasteiger partial charge in [-0.1, -0.05) is 101 Å². The van der Waals surface area contributed by atoms with E-state index in [1.807, 2.05) is 49.4 Å². The highest BCUT2D eigenvalue weighted by Crippen LogP contribution is 2.26. The molecule has 0 saturated carbocycles. The van der Waals surface area contributed by atoms with Crippen molar-refractivity contribution < 1.29 is 14.3 Å². The standard InChI is InChI=1S/C35H49NO3/c1-4-6-7-8-9-10-11-12-13-14-18-27-36-29(3)21-26-33(36)31-22-24-32(25-23-31)39-34(35(37)38-5-2)28-30-19-16-15-17-20-30/h15-17,19-26,34H,4-14,18,27-28H2,1-3H3/t34-/m1/s1. The highest BCUT2D eigenvalue weighted by atomic mass is 16.6. The zero-order valence-corrected chi connectivity index (χ0v) is 24.5. The Kier molecular flexibility index (Phi) is 13.7. The van der Waals surface area contributed by atoms with Crippen molar-refractivity contribution in [1.29, 1.82) is 0 Å². The number of ether oxygens (including phenoxy) is 2. The van der Waals surface area contributed by atoms with E-state index in [0.29, 0.717) is 18.8 Å². The average molecular weight is 532 g/mol. The third kappa shape index (κ3) is 10.6. The first-order valence-electron chi connectivity index (χ1n) is 15.3. The average Bonchev–Trinajstić information content (AvgIpc) is 3.32. The minimum atomic E-state index is -0.676. The maximum atomic E-state index is 12.6. The van der Waals surface area contributed by atoms with Crippen molar-refractivity contribution in [3.8, 4) is 17.0 Å². The van der Waals surface area contributed by atoms with Crippen LogP contribution in [0.3, 0.4) is 0 Å². The topological polar surface area (TPSA) is 40.5 Å². The van der Waals surface area contributed by atoms with Crippen LogP contribution in [0.4, 0.5) is 0 Å². The maximum absolute atomic E-state index is 12.6. The van der Waals surface area contributed by atoms with Gasteiger partial charge in [-0.25, -0.2) is 4.79 Å². The molecule has 0 saturated heterocycles. The van der Waals surface area contributed by atoms with Gasteiger partial charge in [0, 0.05) is 24.4 Å². The van der Waals surface area contributed by atoms with E-state index in [0.717, 1.165) is 17.7 Å². The van der Waals surface area contributed by atoms with E-state index in [1.54, 1.807) is 0 Å². The van der Waals surface area contributed by atoms with E-state index in [-0.39, 0.29) is 5.97 Å². The smallest absolute Gasteiger partial charge is 0.347 e. The van der Waals surface area contributed by atoms with Crippen LogP contribution in [0.25, 0.3) is 11.3 Å². The Hall–Kier alpha value is -3.01. The Labute approximate surface area is 236 Å². The molecule has 0 aliphatic rings. The minimum Gasteiger partial charge on any atom is -0.478 e. The predicted molar refractivity (Wildman–Crippen MR) is 162 cm³/mol. The lowest BCUT2D eigenvalue weighted by Crippen LogP contribution is -2.31. The lowest BCUT2D eigenvalue weighted by atomic mass is 10.1. The number of carbonyl (C=O) groups is 1. The highest BCUT2D eigenvalue weighted by Gasteiger charge is 2.22. The second-order valence-corrected chi connectivity index (χ2v) is 10.6. The molecule has 0 aliphatic heterocycles. The van der Waals surface area contributed by atoms with Gasteiger partial charge in [0.05, 0.1) is 6.61 Å². The summed E-state index contributed by atoms with van der Waals surface area (Å²) in [6.07, 6.45) is 14.7. The first-order chi connectivity index (χ1) is 19.1. The van der Waals surface area contributed by atoms with E-state index >= 15 is 0 Å². The highest BCUT2D eigenvalue weighted by molar-refractivity contribution is 5.75. The van der Waals surface area contributed by atoms with Crippen LogP contribution in [0, 0.1) is 6.92 Å². The van der Waals surface area contributed by atoms with Gasteiger partial charge in [0.15, 0.2) is 6.10 Å². The third-order valence-electron chi connectivity index (χ3n) is 7.43. The van der Waals surface area contributed by atoms with Gasteiger partial charge in [0.2, 0.25) is 0 Å². The van der Waals surface area contributed by atoms with Crippen molar-refractivity contribution in [1.82, 2.24) is 4.57 Å². The van der Waals surface area contributed by atoms with Crippen LogP contribution in [-0.4, -0.2) is 23.2 Å². The number of hydrogen-bond acceptors (Lipinski definition) is 3. The first-order valence-corrected chi connectivity index (χ1v) is 15.3. The number of benzene rings is 2. The van der Waals surface area contributed by atoms with Crippen LogP contribution >= 0.6 is 0 Å². The number of esters is 1. The summed E-state index contributed by atoms with van der Waals surface area (Å²) in [6.45, 7) is 7.67. The van der Waals surface area contributed by atoms with Crippen molar-refractivity contribution in [3.05, 3.63) is 78.0 Å². The van der Waals surface area contributed by atoms with Gasteiger partial charge in [-0.2, -0.15) is 0 Å². The van der Waals surface area contributed by atoms with Gasteiger partial charge in [0.25, 0.3) is 0 Å². The Bertz CT molecular complexity index is 1070. The molecule has 0 amide bonds. The summed E-state index contributed by atoms with van der Waals surface area (Å²) in [5, 5.41) is 0. The van der Waals surface area contributed by atoms with Crippen molar-refractivity contribution in [2.75, 3.05) is 6.61 Å². The van der Waals surface area contributed by atoms with Gasteiger partial charge >= 0.3 is 5.97 Å². The zero-order valence-electron chi connectivity index (χ0n) is 24.5. The fourth-order valence-electron chi connectivity index (χ4n) is 5.16. The number of aromatic nitrogens is 1. The van der Waals surface area contributed by atoms with E-state index in [2.05, 4.69) is 42.7 Å². The van der Waals surface area contributed by atoms with E-state index in [9.17, 15) is 4.79 Å². The number of aryl methyl sites for hydroxylation is 1. The second-order valence-electron chi connectivity index (χ2n) is 10.6. The molecule has 3 rings (SSSR count). The molecular formula is C35H49NO3. The van der Waals surface area contributed by atoms with Gasteiger partial charge in [0.1, 0.15) is 5.75 Å². The summed E-state index contributed by atoms with van der Waals surface area (Å²) >= 11 is 0. The lowest BCUT2D eigenvalue weighted by Gasteiger charge is -2.18. The lowest BCUT2D eigenvalue weighted by molar-refractivity contribution is -0.151. The Morgan fingerprint density at radius 2 is 1.36 bits per heavy atom. The predicted octanol–water partition coefficient (Wildman–Crippen LogP) is 9.33. The SMILES string of the molecule is CCCCCCCCCCCCCn1c(C)ccc1-c1ccc(O[C@H](Cc2ccccc2)C(=O)OCC)cc1. The molecule has 4 heteroatoms. The number of nitrogens with zero attached hydrogens (tertiary/aromatic N) is 1. The summed E-state index contributed by atoms with van der Waals surface area (Å²) in [6, 6.07) is 22.4. The van der Waals surface area contributed by atoms with Crippen LogP contribution < -0.4 is 4.74 Å². The number of rotatable bonds is 19. The van der Waals surface area contributed by atoms with Gasteiger partial charge in [-0.15, -0.1) is 0 Å². The number of carbonyl (C=O) groups excluding carboxylic acids is 1. The molecular weight excluding hydrogens is 482 g/mol. The monoisotopic (exact) mass is 531 g/mol. The third-order valence-corrected chi connectivity index (χ3v) is 7.43. The first kappa shape index (κ1) is 30.5. The van der Waals surface area contributed by atoms with Gasteiger partial charge < -0.3 is 14.0 Å². The molecule has 3 aromatic rings. The summed E-state index contributed by atoms with van der Waals surface area (Å²) < 4.78 is 13.8. The second kappa shape index (κ2) is 17.6. The molecule has 2 aromatic carbocycles. The summed E-state index contributed by atoms with van der Waals surface area (Å²) in [4.78, 5) is 12.6. The van der Waals surface area contributed by atoms with Gasteiger partial charge in [-0.3, -0.25) is 0 Å². The van der Waals surface area contributed by atoms with E-state index in [1.165, 1.54) is 82.0 Å². The molecule has 1 aromatic heterocycles. The van der Waals surface area contributed by atoms with Crippen LogP contribution in [-0.2, 0) is 22.5 Å². The molecule has 212 valence electrons. The summed E-state index contributed by atoms with van der Waals surface area (Å²) in [5.74, 6) is 0.342. The molecule has 0 aliphatic carbocycles. The largest absolute Gasteiger partial charge is 0.478 e. The summed E-state index contributed by atoms with van der Waals surface area (Å²) in [7, 11) is 0. The minimum absolute atomic E-state index is 0.332. The molecule has 4 nitrogen and oxygen atoms in total. The van der Waals surface area contributed by atoms with Crippen molar-refractivity contribution >= 4 is 5.97 Å². The molecule has 1 heterocycles. The molecule has 39 heavy (non-hydrogen) atoms.